The van der Waals surface area contributed by atoms with Gasteiger partial charge in [-0.15, -0.1) is 12.4 Å². The van der Waals surface area contributed by atoms with E-state index in [4.69, 9.17) is 4.74 Å². The van der Waals surface area contributed by atoms with Crippen LogP contribution < -0.4 is 0 Å². The summed E-state index contributed by atoms with van der Waals surface area (Å²) in [6.07, 6.45) is -0.478. The number of carboxylic acid groups (broad SMARTS) is 1. The first-order chi connectivity index (χ1) is 13.0. The number of ether oxygens (including phenoxy) is 1. The van der Waals surface area contributed by atoms with Crippen LogP contribution >= 0.6 is 28.3 Å². The van der Waals surface area contributed by atoms with E-state index in [1.54, 1.807) is 0 Å². The monoisotopic (exact) mass is 468 g/mol. The molecule has 2 aromatic carbocycles. The van der Waals surface area contributed by atoms with Gasteiger partial charge >= 0.3 is 12.1 Å². The predicted molar refractivity (Wildman–Crippen MR) is 111 cm³/mol. The molecule has 2 aromatic rings. The fraction of sp³-hybridized carbons (Fsp3) is 0.300. The third-order valence-corrected chi connectivity index (χ3v) is 5.07. The van der Waals surface area contributed by atoms with Crippen LogP contribution in [0.25, 0.3) is 0 Å². The van der Waals surface area contributed by atoms with Gasteiger partial charge in [-0.2, -0.15) is 0 Å². The van der Waals surface area contributed by atoms with Crippen molar-refractivity contribution in [1.29, 1.82) is 0 Å². The molecular weight excluding hydrogens is 448 g/mol. The van der Waals surface area contributed by atoms with E-state index in [9.17, 15) is 14.7 Å². The van der Waals surface area contributed by atoms with Gasteiger partial charge in [-0.1, -0.05) is 58.4 Å². The van der Waals surface area contributed by atoms with Crippen LogP contribution in [-0.2, 0) is 22.7 Å². The summed E-state index contributed by atoms with van der Waals surface area (Å²) in [5.41, 5.74) is 1.93. The summed E-state index contributed by atoms with van der Waals surface area (Å²) in [6.45, 7) is 1.73. The van der Waals surface area contributed by atoms with Gasteiger partial charge in [-0.3, -0.25) is 9.69 Å². The van der Waals surface area contributed by atoms with E-state index in [1.165, 1.54) is 4.90 Å². The van der Waals surface area contributed by atoms with Crippen LogP contribution in [0.3, 0.4) is 0 Å². The number of amides is 1. The number of carboxylic acids is 1. The lowest BCUT2D eigenvalue weighted by Crippen LogP contribution is -2.57. The number of nitrogens with zero attached hydrogens (tertiary/aromatic N) is 2. The van der Waals surface area contributed by atoms with E-state index in [0.717, 1.165) is 15.6 Å². The van der Waals surface area contributed by atoms with Crippen LogP contribution in [0.1, 0.15) is 11.1 Å². The molecule has 1 saturated heterocycles. The number of hydrogen-bond acceptors (Lipinski definition) is 4. The number of carbonyl (C=O) groups is 2. The number of benzene rings is 2. The zero-order valence-corrected chi connectivity index (χ0v) is 17.6. The number of rotatable bonds is 5. The molecular formula is C20H22BrClN2O4. The third-order valence-electron chi connectivity index (χ3n) is 4.54. The first-order valence-electron chi connectivity index (χ1n) is 8.70. The second kappa shape index (κ2) is 10.5. The molecule has 0 saturated carbocycles. The molecule has 150 valence electrons. The normalized spacial score (nSPS) is 16.9. The van der Waals surface area contributed by atoms with Gasteiger partial charge < -0.3 is 14.7 Å². The minimum Gasteiger partial charge on any atom is -0.480 e. The molecule has 1 amide bonds. The highest BCUT2D eigenvalue weighted by Crippen LogP contribution is 2.18. The highest BCUT2D eigenvalue weighted by Gasteiger charge is 2.34. The fourth-order valence-corrected chi connectivity index (χ4v) is 3.31. The summed E-state index contributed by atoms with van der Waals surface area (Å²) in [4.78, 5) is 27.4. The van der Waals surface area contributed by atoms with Crippen molar-refractivity contribution in [3.63, 3.8) is 0 Å². The average Bonchev–Trinajstić information content (AvgIpc) is 2.69. The predicted octanol–water partition coefficient (Wildman–Crippen LogP) is 3.78. The smallest absolute Gasteiger partial charge is 0.410 e. The van der Waals surface area contributed by atoms with Crippen LogP contribution in [0.2, 0.25) is 0 Å². The van der Waals surface area contributed by atoms with Gasteiger partial charge in [0.2, 0.25) is 0 Å². The van der Waals surface area contributed by atoms with Crippen molar-refractivity contribution in [2.45, 2.75) is 19.2 Å². The average molecular weight is 470 g/mol. The van der Waals surface area contributed by atoms with Crippen molar-refractivity contribution in [3.05, 3.63) is 70.2 Å². The molecule has 1 aliphatic heterocycles. The molecule has 6 nitrogen and oxygen atoms in total. The first-order valence-corrected chi connectivity index (χ1v) is 9.49. The Kier molecular flexibility index (Phi) is 8.29. The number of aliphatic carboxylic acids is 1. The van der Waals surface area contributed by atoms with Gasteiger partial charge in [0.25, 0.3) is 0 Å². The maximum absolute atomic E-state index is 12.3. The highest BCUT2D eigenvalue weighted by molar-refractivity contribution is 9.10. The highest BCUT2D eigenvalue weighted by atomic mass is 79.9. The molecule has 0 spiro atoms. The minimum atomic E-state index is -0.937. The van der Waals surface area contributed by atoms with Crippen molar-refractivity contribution in [2.75, 3.05) is 19.6 Å². The molecule has 1 unspecified atom stereocenters. The van der Waals surface area contributed by atoms with Crippen molar-refractivity contribution in [1.82, 2.24) is 9.80 Å². The molecule has 1 heterocycles. The van der Waals surface area contributed by atoms with Gasteiger partial charge in [0.15, 0.2) is 0 Å². The number of carbonyl (C=O) groups excluding carboxylic acids is 1. The van der Waals surface area contributed by atoms with E-state index < -0.39 is 18.1 Å². The molecule has 1 fully saturated rings. The van der Waals surface area contributed by atoms with Gasteiger partial charge in [0.1, 0.15) is 12.6 Å². The summed E-state index contributed by atoms with van der Waals surface area (Å²) >= 11 is 3.40. The Balaban J connectivity index is 0.00000280. The molecule has 3 rings (SSSR count). The van der Waals surface area contributed by atoms with Crippen molar-refractivity contribution in [3.8, 4) is 0 Å². The molecule has 0 aromatic heterocycles. The summed E-state index contributed by atoms with van der Waals surface area (Å²) in [5, 5.41) is 9.61. The maximum atomic E-state index is 12.3. The van der Waals surface area contributed by atoms with Crippen LogP contribution in [0.5, 0.6) is 0 Å². The standard InChI is InChI=1S/C20H21BrN2O4.ClH/c21-17-8-6-15(7-9-17)12-22-10-11-23(13-18(22)19(24)25)20(26)27-14-16-4-2-1-3-5-16;/h1-9,18H,10-14H2,(H,24,25);1H. The number of halogens is 2. The summed E-state index contributed by atoms with van der Waals surface area (Å²) in [7, 11) is 0. The Morgan fingerprint density at radius 2 is 1.71 bits per heavy atom. The fourth-order valence-electron chi connectivity index (χ4n) is 3.04. The van der Waals surface area contributed by atoms with E-state index in [2.05, 4.69) is 15.9 Å². The van der Waals surface area contributed by atoms with Crippen LogP contribution in [0.15, 0.2) is 59.1 Å². The topological polar surface area (TPSA) is 70.1 Å². The molecule has 0 bridgehead atoms. The van der Waals surface area contributed by atoms with Gasteiger partial charge in [-0.25, -0.2) is 4.79 Å². The van der Waals surface area contributed by atoms with E-state index in [0.29, 0.717) is 19.6 Å². The van der Waals surface area contributed by atoms with Crippen LogP contribution in [0, 0.1) is 0 Å². The number of hydrogen-bond donors (Lipinski definition) is 1. The maximum Gasteiger partial charge on any atom is 0.410 e. The van der Waals surface area contributed by atoms with Gasteiger partial charge in [0, 0.05) is 24.1 Å². The summed E-state index contributed by atoms with van der Waals surface area (Å²) < 4.78 is 6.31. The van der Waals surface area contributed by atoms with Gasteiger partial charge in [-0.05, 0) is 23.3 Å². The zero-order chi connectivity index (χ0) is 19.2. The lowest BCUT2D eigenvalue weighted by molar-refractivity contribution is -0.145. The van der Waals surface area contributed by atoms with E-state index in [1.807, 2.05) is 59.5 Å². The number of piperazine rings is 1. The Morgan fingerprint density at radius 1 is 1.04 bits per heavy atom. The van der Waals surface area contributed by atoms with Crippen molar-refractivity contribution >= 4 is 40.4 Å². The second-order valence-electron chi connectivity index (χ2n) is 6.44. The molecule has 1 atom stereocenters. The molecule has 28 heavy (non-hydrogen) atoms. The Morgan fingerprint density at radius 3 is 2.36 bits per heavy atom. The third kappa shape index (κ3) is 5.95. The lowest BCUT2D eigenvalue weighted by Gasteiger charge is -2.38. The summed E-state index contributed by atoms with van der Waals surface area (Å²) in [6, 6.07) is 16.4. The minimum absolute atomic E-state index is 0. The second-order valence-corrected chi connectivity index (χ2v) is 7.35. The Bertz CT molecular complexity index is 789. The van der Waals surface area contributed by atoms with Crippen LogP contribution in [0.4, 0.5) is 4.79 Å². The Labute approximate surface area is 178 Å². The quantitative estimate of drug-likeness (QED) is 0.722. The lowest BCUT2D eigenvalue weighted by atomic mass is 10.1. The molecule has 8 heteroatoms. The molecule has 1 N–H and O–H groups in total. The van der Waals surface area contributed by atoms with E-state index in [-0.39, 0.29) is 25.6 Å². The largest absolute Gasteiger partial charge is 0.480 e. The van der Waals surface area contributed by atoms with Crippen molar-refractivity contribution < 1.29 is 19.4 Å². The molecule has 1 aliphatic rings. The first kappa shape index (κ1) is 22.2. The molecule has 0 radical (unpaired) electrons. The van der Waals surface area contributed by atoms with Gasteiger partial charge in [0.05, 0.1) is 6.54 Å². The van der Waals surface area contributed by atoms with Crippen molar-refractivity contribution in [2.24, 2.45) is 0 Å². The van der Waals surface area contributed by atoms with Crippen LogP contribution in [-0.4, -0.2) is 52.6 Å². The van der Waals surface area contributed by atoms with E-state index >= 15 is 0 Å². The zero-order valence-electron chi connectivity index (χ0n) is 15.2. The Hall–Kier alpha value is -2.09. The summed E-state index contributed by atoms with van der Waals surface area (Å²) in [5.74, 6) is -0.937. The molecule has 0 aliphatic carbocycles. The SMILES string of the molecule is Cl.O=C(O)C1CN(C(=O)OCc2ccccc2)CCN1Cc1ccc(Br)cc1.